The summed E-state index contributed by atoms with van der Waals surface area (Å²) < 4.78 is 1.36. The van der Waals surface area contributed by atoms with Crippen LogP contribution in [-0.2, 0) is 11.8 Å². The minimum Gasteiger partial charge on any atom is -0.368 e. The molecule has 0 aliphatic heterocycles. The second kappa shape index (κ2) is 5.29. The number of carbonyl (C=O) groups excluding carboxylic acids is 2. The highest BCUT2D eigenvalue weighted by Gasteiger charge is 2.16. The van der Waals surface area contributed by atoms with Crippen LogP contribution < -0.4 is 11.3 Å². The fourth-order valence-corrected chi connectivity index (χ4v) is 1.38. The first-order valence-corrected chi connectivity index (χ1v) is 5.20. The molecule has 0 aliphatic rings. The summed E-state index contributed by atoms with van der Waals surface area (Å²) >= 11 is 0. The highest BCUT2D eigenvalue weighted by Crippen LogP contribution is 2.01. The van der Waals surface area contributed by atoms with Crippen LogP contribution in [0.15, 0.2) is 23.1 Å². The lowest BCUT2D eigenvalue weighted by molar-refractivity contribution is -0.118. The molecule has 0 radical (unpaired) electrons. The Bertz CT molecular complexity index is 493. The van der Waals surface area contributed by atoms with Crippen molar-refractivity contribution in [2.24, 2.45) is 12.8 Å². The zero-order valence-electron chi connectivity index (χ0n) is 9.84. The van der Waals surface area contributed by atoms with Crippen LogP contribution in [0.3, 0.4) is 0 Å². The number of pyridine rings is 1. The quantitative estimate of drug-likeness (QED) is 0.753. The molecule has 1 aromatic heterocycles. The maximum absolute atomic E-state index is 11.9. The Labute approximate surface area is 98.6 Å². The van der Waals surface area contributed by atoms with E-state index in [9.17, 15) is 14.4 Å². The summed E-state index contributed by atoms with van der Waals surface area (Å²) in [6.07, 6.45) is 1.51. The van der Waals surface area contributed by atoms with Gasteiger partial charge in [-0.1, -0.05) is 0 Å². The maximum atomic E-state index is 11.9. The molecule has 0 atom stereocenters. The topological polar surface area (TPSA) is 85.4 Å². The number of amides is 2. The van der Waals surface area contributed by atoms with Crippen molar-refractivity contribution in [2.75, 3.05) is 13.1 Å². The Balaban J connectivity index is 2.97. The lowest BCUT2D eigenvalue weighted by Crippen LogP contribution is -2.38. The highest BCUT2D eigenvalue weighted by atomic mass is 16.2. The highest BCUT2D eigenvalue weighted by molar-refractivity contribution is 5.96. The van der Waals surface area contributed by atoms with Gasteiger partial charge in [-0.3, -0.25) is 14.4 Å². The van der Waals surface area contributed by atoms with Crippen LogP contribution in [0.2, 0.25) is 0 Å². The standard InChI is InChI=1S/C11H15N3O3/c1-3-14(7-9(12)15)11(17)8-4-5-13(2)10(16)6-8/h4-6H,3,7H2,1-2H3,(H2,12,15). The summed E-state index contributed by atoms with van der Waals surface area (Å²) in [6, 6.07) is 2.78. The molecule has 92 valence electrons. The van der Waals surface area contributed by atoms with Crippen LogP contribution in [0.4, 0.5) is 0 Å². The van der Waals surface area contributed by atoms with E-state index in [1.165, 1.54) is 27.8 Å². The van der Waals surface area contributed by atoms with Gasteiger partial charge in [-0.15, -0.1) is 0 Å². The molecule has 1 rings (SSSR count). The molecule has 2 amide bonds. The molecule has 1 heterocycles. The van der Waals surface area contributed by atoms with Crippen molar-refractivity contribution in [3.05, 3.63) is 34.2 Å². The third kappa shape index (κ3) is 3.17. The van der Waals surface area contributed by atoms with Crippen LogP contribution in [0.5, 0.6) is 0 Å². The molecule has 2 N–H and O–H groups in total. The van der Waals surface area contributed by atoms with Gasteiger partial charge in [0.25, 0.3) is 11.5 Å². The molecule has 1 aromatic rings. The molecule has 6 heteroatoms. The minimum atomic E-state index is -0.580. The van der Waals surface area contributed by atoms with E-state index in [1.54, 1.807) is 14.0 Å². The Morgan fingerprint density at radius 2 is 2.12 bits per heavy atom. The molecule has 0 fully saturated rings. The van der Waals surface area contributed by atoms with Crippen LogP contribution in [0.25, 0.3) is 0 Å². The maximum Gasteiger partial charge on any atom is 0.254 e. The Morgan fingerprint density at radius 3 is 2.59 bits per heavy atom. The lowest BCUT2D eigenvalue weighted by Gasteiger charge is -2.18. The van der Waals surface area contributed by atoms with E-state index in [4.69, 9.17) is 5.73 Å². The van der Waals surface area contributed by atoms with E-state index in [1.807, 2.05) is 0 Å². The molecule has 17 heavy (non-hydrogen) atoms. The van der Waals surface area contributed by atoms with Crippen molar-refractivity contribution < 1.29 is 9.59 Å². The number of nitrogens with zero attached hydrogens (tertiary/aromatic N) is 2. The molecule has 0 saturated carbocycles. The summed E-state index contributed by atoms with van der Waals surface area (Å²) in [5.74, 6) is -0.951. The Morgan fingerprint density at radius 1 is 1.47 bits per heavy atom. The first kappa shape index (κ1) is 13.0. The molecule has 6 nitrogen and oxygen atoms in total. The monoisotopic (exact) mass is 237 g/mol. The zero-order chi connectivity index (χ0) is 13.0. The van der Waals surface area contributed by atoms with E-state index >= 15 is 0 Å². The molecule has 0 unspecified atom stereocenters. The van der Waals surface area contributed by atoms with Gasteiger partial charge in [-0.05, 0) is 13.0 Å². The molecule has 0 aromatic carbocycles. The predicted octanol–water partition coefficient (Wildman–Crippen LogP) is -0.667. The number of carbonyl (C=O) groups is 2. The van der Waals surface area contributed by atoms with Crippen molar-refractivity contribution in [3.63, 3.8) is 0 Å². The molecular weight excluding hydrogens is 222 g/mol. The minimum absolute atomic E-state index is 0.148. The van der Waals surface area contributed by atoms with Gasteiger partial charge in [0.15, 0.2) is 0 Å². The smallest absolute Gasteiger partial charge is 0.254 e. The summed E-state index contributed by atoms with van der Waals surface area (Å²) in [6.45, 7) is 1.95. The largest absolute Gasteiger partial charge is 0.368 e. The van der Waals surface area contributed by atoms with Crippen molar-refractivity contribution in [1.29, 1.82) is 0 Å². The number of likely N-dealkylation sites (N-methyl/N-ethyl adjacent to an activating group) is 1. The number of hydrogen-bond donors (Lipinski definition) is 1. The number of aryl methyl sites for hydroxylation is 1. The summed E-state index contributed by atoms with van der Waals surface area (Å²) in [7, 11) is 1.59. The average Bonchev–Trinajstić information content (AvgIpc) is 2.28. The molecule has 0 aliphatic carbocycles. The van der Waals surface area contributed by atoms with Crippen molar-refractivity contribution >= 4 is 11.8 Å². The fourth-order valence-electron chi connectivity index (χ4n) is 1.38. The Kier molecular flexibility index (Phi) is 4.03. The van der Waals surface area contributed by atoms with E-state index in [-0.39, 0.29) is 23.6 Å². The van der Waals surface area contributed by atoms with Gasteiger partial charge in [-0.25, -0.2) is 0 Å². The van der Waals surface area contributed by atoms with Crippen molar-refractivity contribution in [3.8, 4) is 0 Å². The molecule has 0 saturated heterocycles. The van der Waals surface area contributed by atoms with E-state index in [0.29, 0.717) is 6.54 Å². The molecular formula is C11H15N3O3. The Hall–Kier alpha value is -2.11. The molecule has 0 bridgehead atoms. The predicted molar refractivity (Wildman–Crippen MR) is 62.5 cm³/mol. The second-order valence-electron chi connectivity index (χ2n) is 3.65. The lowest BCUT2D eigenvalue weighted by atomic mass is 10.2. The van der Waals surface area contributed by atoms with Crippen LogP contribution in [0.1, 0.15) is 17.3 Å². The van der Waals surface area contributed by atoms with Crippen LogP contribution in [-0.4, -0.2) is 34.4 Å². The van der Waals surface area contributed by atoms with Gasteiger partial charge in [0, 0.05) is 31.4 Å². The average molecular weight is 237 g/mol. The zero-order valence-corrected chi connectivity index (χ0v) is 9.84. The van der Waals surface area contributed by atoms with Crippen molar-refractivity contribution in [1.82, 2.24) is 9.47 Å². The van der Waals surface area contributed by atoms with Crippen LogP contribution in [0, 0.1) is 0 Å². The van der Waals surface area contributed by atoms with Gasteiger partial charge in [-0.2, -0.15) is 0 Å². The first-order chi connectivity index (χ1) is 7.95. The van der Waals surface area contributed by atoms with Gasteiger partial charge in [0.1, 0.15) is 0 Å². The van der Waals surface area contributed by atoms with E-state index in [0.717, 1.165) is 0 Å². The summed E-state index contributed by atoms with van der Waals surface area (Å²) in [5, 5.41) is 0. The van der Waals surface area contributed by atoms with Gasteiger partial charge >= 0.3 is 0 Å². The third-order valence-electron chi connectivity index (χ3n) is 2.37. The SMILES string of the molecule is CCN(CC(N)=O)C(=O)c1ccn(C)c(=O)c1. The number of hydrogen-bond acceptors (Lipinski definition) is 3. The van der Waals surface area contributed by atoms with E-state index in [2.05, 4.69) is 0 Å². The fraction of sp³-hybridized carbons (Fsp3) is 0.364. The van der Waals surface area contributed by atoms with Gasteiger partial charge in [0.05, 0.1) is 6.54 Å². The van der Waals surface area contributed by atoms with Crippen molar-refractivity contribution in [2.45, 2.75) is 6.92 Å². The van der Waals surface area contributed by atoms with Gasteiger partial charge in [0.2, 0.25) is 5.91 Å². The number of rotatable bonds is 4. The normalized spacial score (nSPS) is 10.0. The second-order valence-corrected chi connectivity index (χ2v) is 3.65. The van der Waals surface area contributed by atoms with E-state index < -0.39 is 5.91 Å². The number of nitrogens with two attached hydrogens (primary N) is 1. The number of aromatic nitrogens is 1. The van der Waals surface area contributed by atoms with Gasteiger partial charge < -0.3 is 15.2 Å². The summed E-state index contributed by atoms with van der Waals surface area (Å²) in [5.41, 5.74) is 5.03. The molecule has 0 spiro atoms. The van der Waals surface area contributed by atoms with Crippen LogP contribution >= 0.6 is 0 Å². The summed E-state index contributed by atoms with van der Waals surface area (Å²) in [4.78, 5) is 35.4. The number of primary amides is 1. The first-order valence-electron chi connectivity index (χ1n) is 5.20. The third-order valence-corrected chi connectivity index (χ3v) is 2.37.